The summed E-state index contributed by atoms with van der Waals surface area (Å²) in [5.41, 5.74) is 2.63. The molecular weight excluding hydrogens is 324 g/mol. The standard InChI is InChI=1S/C17H16N4O4/c1-11-3-6-14(19(11)2)9-15-16(22)20(17(23)18-15)10-12-4-7-13(8-5-12)21(24)25/h3-9H,10H2,1-2H3,(H,18,23)/b15-9-. The number of nitro groups is 1. The van der Waals surface area contributed by atoms with Gasteiger partial charge in [0, 0.05) is 30.6 Å². The third-order valence-electron chi connectivity index (χ3n) is 4.15. The summed E-state index contributed by atoms with van der Waals surface area (Å²) in [5.74, 6) is -0.429. The molecule has 1 aromatic heterocycles. The van der Waals surface area contributed by atoms with Crippen LogP contribution in [0.1, 0.15) is 17.0 Å². The molecule has 1 aromatic carbocycles. The number of amides is 3. The number of nitrogens with zero attached hydrogens (tertiary/aromatic N) is 3. The van der Waals surface area contributed by atoms with Crippen molar-refractivity contribution in [3.8, 4) is 0 Å². The topological polar surface area (TPSA) is 97.5 Å². The molecule has 0 spiro atoms. The Morgan fingerprint density at radius 3 is 2.40 bits per heavy atom. The fraction of sp³-hybridized carbons (Fsp3) is 0.176. The average Bonchev–Trinajstić information content (AvgIpc) is 3.03. The Kier molecular flexibility index (Phi) is 4.10. The molecule has 1 aliphatic heterocycles. The van der Waals surface area contributed by atoms with Crippen LogP contribution in [0.5, 0.6) is 0 Å². The van der Waals surface area contributed by atoms with Gasteiger partial charge in [0.15, 0.2) is 0 Å². The number of carbonyl (C=O) groups is 2. The molecule has 1 fully saturated rings. The van der Waals surface area contributed by atoms with Gasteiger partial charge in [-0.25, -0.2) is 4.79 Å². The molecule has 2 aromatic rings. The van der Waals surface area contributed by atoms with Gasteiger partial charge in [-0.3, -0.25) is 19.8 Å². The molecule has 0 bridgehead atoms. The van der Waals surface area contributed by atoms with E-state index in [0.29, 0.717) is 5.56 Å². The smallest absolute Gasteiger partial charge is 0.329 e. The summed E-state index contributed by atoms with van der Waals surface area (Å²) in [6.45, 7) is 1.99. The number of aryl methyl sites for hydroxylation is 1. The van der Waals surface area contributed by atoms with E-state index < -0.39 is 16.9 Å². The van der Waals surface area contributed by atoms with Crippen molar-refractivity contribution in [2.45, 2.75) is 13.5 Å². The van der Waals surface area contributed by atoms with E-state index in [4.69, 9.17) is 0 Å². The Hall–Kier alpha value is -3.42. The average molecular weight is 340 g/mol. The summed E-state index contributed by atoms with van der Waals surface area (Å²) in [4.78, 5) is 35.8. The lowest BCUT2D eigenvalue weighted by Gasteiger charge is -2.11. The molecule has 0 unspecified atom stereocenters. The number of non-ortho nitro benzene ring substituents is 1. The summed E-state index contributed by atoms with van der Waals surface area (Å²) < 4.78 is 1.91. The summed E-state index contributed by atoms with van der Waals surface area (Å²) in [5, 5.41) is 13.2. The molecule has 3 rings (SSSR count). The molecule has 1 aliphatic rings. The van der Waals surface area contributed by atoms with Gasteiger partial charge in [-0.05, 0) is 30.7 Å². The second kappa shape index (κ2) is 6.23. The minimum Gasteiger partial charge on any atom is -0.348 e. The van der Waals surface area contributed by atoms with Crippen molar-refractivity contribution in [3.63, 3.8) is 0 Å². The van der Waals surface area contributed by atoms with Crippen molar-refractivity contribution in [1.82, 2.24) is 14.8 Å². The summed E-state index contributed by atoms with van der Waals surface area (Å²) in [6, 6.07) is 9.01. The highest BCUT2D eigenvalue weighted by atomic mass is 16.6. The van der Waals surface area contributed by atoms with Crippen LogP contribution in [0.25, 0.3) is 6.08 Å². The van der Waals surface area contributed by atoms with E-state index in [-0.39, 0.29) is 17.9 Å². The molecule has 8 nitrogen and oxygen atoms in total. The van der Waals surface area contributed by atoms with Gasteiger partial charge in [0.25, 0.3) is 11.6 Å². The van der Waals surface area contributed by atoms with E-state index in [1.165, 1.54) is 24.3 Å². The highest BCUT2D eigenvalue weighted by Gasteiger charge is 2.33. The maximum Gasteiger partial charge on any atom is 0.329 e. The molecule has 25 heavy (non-hydrogen) atoms. The van der Waals surface area contributed by atoms with Gasteiger partial charge in [-0.2, -0.15) is 0 Å². The third-order valence-corrected chi connectivity index (χ3v) is 4.15. The first-order valence-electron chi connectivity index (χ1n) is 7.57. The van der Waals surface area contributed by atoms with Gasteiger partial charge >= 0.3 is 6.03 Å². The Morgan fingerprint density at radius 2 is 1.84 bits per heavy atom. The van der Waals surface area contributed by atoms with Crippen molar-refractivity contribution in [3.05, 3.63) is 69.2 Å². The number of hydrogen-bond acceptors (Lipinski definition) is 4. The lowest BCUT2D eigenvalue weighted by molar-refractivity contribution is -0.384. The molecule has 1 saturated heterocycles. The molecule has 0 aliphatic carbocycles. The van der Waals surface area contributed by atoms with Crippen LogP contribution in [0, 0.1) is 17.0 Å². The Labute approximate surface area is 143 Å². The number of rotatable bonds is 4. The highest BCUT2D eigenvalue weighted by molar-refractivity contribution is 6.13. The summed E-state index contributed by atoms with van der Waals surface area (Å²) in [7, 11) is 1.87. The maximum absolute atomic E-state index is 12.5. The lowest BCUT2D eigenvalue weighted by Crippen LogP contribution is -2.30. The number of aromatic nitrogens is 1. The molecule has 128 valence electrons. The van der Waals surface area contributed by atoms with Crippen LogP contribution < -0.4 is 5.32 Å². The zero-order valence-corrected chi connectivity index (χ0v) is 13.7. The first kappa shape index (κ1) is 16.4. The molecule has 0 saturated carbocycles. The number of benzene rings is 1. The number of nitrogens with one attached hydrogen (secondary N) is 1. The van der Waals surface area contributed by atoms with E-state index in [0.717, 1.165) is 16.3 Å². The Morgan fingerprint density at radius 1 is 1.16 bits per heavy atom. The van der Waals surface area contributed by atoms with Crippen LogP contribution in [-0.4, -0.2) is 26.3 Å². The molecule has 2 heterocycles. The second-order valence-electron chi connectivity index (χ2n) is 5.76. The van der Waals surface area contributed by atoms with Gasteiger partial charge < -0.3 is 9.88 Å². The van der Waals surface area contributed by atoms with Crippen molar-refractivity contribution >= 4 is 23.7 Å². The first-order valence-corrected chi connectivity index (χ1v) is 7.57. The monoisotopic (exact) mass is 340 g/mol. The summed E-state index contributed by atoms with van der Waals surface area (Å²) >= 11 is 0. The molecule has 1 N–H and O–H groups in total. The minimum absolute atomic E-state index is 0.0411. The third kappa shape index (κ3) is 3.14. The van der Waals surface area contributed by atoms with E-state index in [9.17, 15) is 19.7 Å². The SMILES string of the molecule is Cc1ccc(/C=C2\NC(=O)N(Cc3ccc([N+](=O)[O-])cc3)C2=O)n1C. The maximum atomic E-state index is 12.5. The van der Waals surface area contributed by atoms with E-state index >= 15 is 0 Å². The predicted molar refractivity (Wildman–Crippen MR) is 90.3 cm³/mol. The molecule has 0 atom stereocenters. The number of hydrogen-bond donors (Lipinski definition) is 1. The molecule has 0 radical (unpaired) electrons. The normalized spacial score (nSPS) is 15.8. The fourth-order valence-electron chi connectivity index (χ4n) is 2.55. The first-order chi connectivity index (χ1) is 11.9. The van der Waals surface area contributed by atoms with Gasteiger partial charge in [0.2, 0.25) is 0 Å². The summed E-state index contributed by atoms with van der Waals surface area (Å²) in [6.07, 6.45) is 1.63. The quantitative estimate of drug-likeness (QED) is 0.400. The van der Waals surface area contributed by atoms with Crippen LogP contribution in [0.15, 0.2) is 42.1 Å². The van der Waals surface area contributed by atoms with Crippen LogP contribution in [-0.2, 0) is 18.4 Å². The zero-order valence-electron chi connectivity index (χ0n) is 13.7. The van der Waals surface area contributed by atoms with Crippen LogP contribution >= 0.6 is 0 Å². The largest absolute Gasteiger partial charge is 0.348 e. The van der Waals surface area contributed by atoms with Gasteiger partial charge in [0.1, 0.15) is 5.70 Å². The lowest BCUT2D eigenvalue weighted by atomic mass is 10.2. The van der Waals surface area contributed by atoms with Gasteiger partial charge in [-0.1, -0.05) is 12.1 Å². The van der Waals surface area contributed by atoms with Crippen LogP contribution in [0.3, 0.4) is 0 Å². The number of imide groups is 1. The predicted octanol–water partition coefficient (Wildman–Crippen LogP) is 2.33. The fourth-order valence-corrected chi connectivity index (χ4v) is 2.55. The Bertz CT molecular complexity index is 896. The van der Waals surface area contributed by atoms with Crippen LogP contribution in [0.4, 0.5) is 10.5 Å². The van der Waals surface area contributed by atoms with Crippen molar-refractivity contribution in [1.29, 1.82) is 0 Å². The van der Waals surface area contributed by atoms with Crippen molar-refractivity contribution in [2.24, 2.45) is 7.05 Å². The molecule has 3 amide bonds. The van der Waals surface area contributed by atoms with Crippen LogP contribution in [0.2, 0.25) is 0 Å². The minimum atomic E-state index is -0.513. The van der Waals surface area contributed by atoms with Gasteiger partial charge in [-0.15, -0.1) is 0 Å². The van der Waals surface area contributed by atoms with Crippen molar-refractivity contribution < 1.29 is 14.5 Å². The van der Waals surface area contributed by atoms with E-state index in [2.05, 4.69) is 5.32 Å². The number of urea groups is 1. The van der Waals surface area contributed by atoms with E-state index in [1.807, 2.05) is 30.7 Å². The number of nitro benzene ring substituents is 1. The highest BCUT2D eigenvalue weighted by Crippen LogP contribution is 2.19. The Balaban J connectivity index is 1.79. The molecular formula is C17H16N4O4. The molecule has 8 heteroatoms. The van der Waals surface area contributed by atoms with Gasteiger partial charge in [0.05, 0.1) is 11.5 Å². The second-order valence-corrected chi connectivity index (χ2v) is 5.76. The van der Waals surface area contributed by atoms with Crippen molar-refractivity contribution in [2.75, 3.05) is 0 Å². The van der Waals surface area contributed by atoms with E-state index in [1.54, 1.807) is 6.08 Å². The number of carbonyl (C=O) groups excluding carboxylic acids is 2. The zero-order chi connectivity index (χ0) is 18.1.